The van der Waals surface area contributed by atoms with Crippen LogP contribution in [0, 0.1) is 12.7 Å². The van der Waals surface area contributed by atoms with Crippen molar-refractivity contribution in [3.05, 3.63) is 111 Å². The number of nitrogens with zero attached hydrogens (tertiary/aromatic N) is 1. The van der Waals surface area contributed by atoms with E-state index in [1.807, 2.05) is 6.92 Å². The molecule has 0 radical (unpaired) electrons. The van der Waals surface area contributed by atoms with Crippen molar-refractivity contribution in [2.45, 2.75) is 30.3 Å². The van der Waals surface area contributed by atoms with E-state index in [4.69, 9.17) is 23.2 Å². The fourth-order valence-corrected chi connectivity index (χ4v) is 6.17. The molecule has 0 saturated heterocycles. The molecule has 3 aromatic rings. The van der Waals surface area contributed by atoms with Gasteiger partial charge >= 0.3 is 5.97 Å². The van der Waals surface area contributed by atoms with Gasteiger partial charge in [0.25, 0.3) is 0 Å². The standard InChI is InChI=1S/C25H20Cl2FNO4S/c1-15-2-9-19(10-3-15)34(32,33)29-23(17-6-12-21(26)22(27)14-17)13-11-20(25(30)31)24(29)16-4-7-18(28)8-5-16/h2-12,14,23-24H,13H2,1H3,(H,30,31)/t23-,24-/m0/s1. The second-order valence-electron chi connectivity index (χ2n) is 7.99. The Bertz CT molecular complexity index is 1370. The Morgan fingerprint density at radius 3 is 2.18 bits per heavy atom. The Morgan fingerprint density at radius 1 is 0.971 bits per heavy atom. The highest BCUT2D eigenvalue weighted by atomic mass is 35.5. The van der Waals surface area contributed by atoms with Gasteiger partial charge in [0.1, 0.15) is 5.82 Å². The summed E-state index contributed by atoms with van der Waals surface area (Å²) in [6.07, 6.45) is 1.60. The molecule has 34 heavy (non-hydrogen) atoms. The van der Waals surface area contributed by atoms with Gasteiger partial charge in [-0.05, 0) is 60.9 Å². The summed E-state index contributed by atoms with van der Waals surface area (Å²) in [5.41, 5.74) is 1.65. The number of halogens is 3. The normalized spacial score (nSPS) is 19.0. The molecule has 1 heterocycles. The van der Waals surface area contributed by atoms with E-state index in [-0.39, 0.29) is 21.9 Å². The van der Waals surface area contributed by atoms with Crippen LogP contribution in [0.5, 0.6) is 0 Å². The molecule has 176 valence electrons. The number of hydrogen-bond donors (Lipinski definition) is 1. The van der Waals surface area contributed by atoms with Gasteiger partial charge in [-0.25, -0.2) is 17.6 Å². The van der Waals surface area contributed by atoms with Crippen LogP contribution in [-0.4, -0.2) is 23.8 Å². The van der Waals surface area contributed by atoms with Gasteiger partial charge in [-0.3, -0.25) is 0 Å². The summed E-state index contributed by atoms with van der Waals surface area (Å²) in [5, 5.41) is 10.5. The van der Waals surface area contributed by atoms with Crippen LogP contribution in [0.3, 0.4) is 0 Å². The highest BCUT2D eigenvalue weighted by Gasteiger charge is 2.44. The first-order chi connectivity index (χ1) is 16.1. The molecule has 0 aliphatic carbocycles. The third-order valence-corrected chi connectivity index (χ3v) is 8.40. The lowest BCUT2D eigenvalue weighted by atomic mass is 9.89. The van der Waals surface area contributed by atoms with Gasteiger partial charge in [-0.15, -0.1) is 0 Å². The lowest BCUT2D eigenvalue weighted by molar-refractivity contribution is -0.133. The van der Waals surface area contributed by atoms with E-state index >= 15 is 0 Å². The van der Waals surface area contributed by atoms with E-state index in [1.54, 1.807) is 30.3 Å². The minimum absolute atomic E-state index is 0.0157. The molecule has 1 N–H and O–H groups in total. The first-order valence-corrected chi connectivity index (χ1v) is 12.5. The highest BCUT2D eigenvalue weighted by molar-refractivity contribution is 7.89. The highest BCUT2D eigenvalue weighted by Crippen LogP contribution is 2.46. The molecule has 5 nitrogen and oxygen atoms in total. The van der Waals surface area contributed by atoms with Crippen LogP contribution in [0.15, 0.2) is 83.3 Å². The zero-order valence-corrected chi connectivity index (χ0v) is 20.3. The number of rotatable bonds is 5. The molecule has 3 aromatic carbocycles. The van der Waals surface area contributed by atoms with Crippen LogP contribution in [0.25, 0.3) is 0 Å². The van der Waals surface area contributed by atoms with Gasteiger partial charge in [0.05, 0.1) is 32.6 Å². The van der Waals surface area contributed by atoms with E-state index in [1.165, 1.54) is 46.8 Å². The van der Waals surface area contributed by atoms with Crippen LogP contribution in [0.4, 0.5) is 4.39 Å². The van der Waals surface area contributed by atoms with E-state index in [0.29, 0.717) is 16.1 Å². The van der Waals surface area contributed by atoms with Gasteiger partial charge in [0.2, 0.25) is 10.0 Å². The first kappa shape index (κ1) is 24.4. The summed E-state index contributed by atoms with van der Waals surface area (Å²) in [5.74, 6) is -1.78. The van der Waals surface area contributed by atoms with Crippen molar-refractivity contribution in [3.8, 4) is 0 Å². The third-order valence-electron chi connectivity index (χ3n) is 5.77. The van der Waals surface area contributed by atoms with Crippen LogP contribution < -0.4 is 0 Å². The van der Waals surface area contributed by atoms with Crippen molar-refractivity contribution in [1.29, 1.82) is 0 Å². The third kappa shape index (κ3) is 4.61. The zero-order valence-electron chi connectivity index (χ0n) is 18.0. The molecule has 9 heteroatoms. The Morgan fingerprint density at radius 2 is 1.59 bits per heavy atom. The van der Waals surface area contributed by atoms with Crippen molar-refractivity contribution in [2.24, 2.45) is 0 Å². The predicted molar refractivity (Wildman–Crippen MR) is 129 cm³/mol. The van der Waals surface area contributed by atoms with Crippen molar-refractivity contribution in [3.63, 3.8) is 0 Å². The van der Waals surface area contributed by atoms with Crippen LogP contribution in [0.2, 0.25) is 10.0 Å². The van der Waals surface area contributed by atoms with E-state index in [9.17, 15) is 22.7 Å². The number of carboxylic acid groups (broad SMARTS) is 1. The maximum atomic E-state index is 14.0. The summed E-state index contributed by atoms with van der Waals surface area (Å²) >= 11 is 12.3. The largest absolute Gasteiger partial charge is 0.478 e. The van der Waals surface area contributed by atoms with Crippen LogP contribution in [0.1, 0.15) is 35.2 Å². The van der Waals surface area contributed by atoms with E-state index in [2.05, 4.69) is 0 Å². The fourth-order valence-electron chi connectivity index (χ4n) is 4.09. The van der Waals surface area contributed by atoms with Crippen molar-refractivity contribution in [1.82, 2.24) is 4.31 Å². The minimum Gasteiger partial charge on any atom is -0.478 e. The van der Waals surface area contributed by atoms with E-state index < -0.39 is 33.9 Å². The maximum absolute atomic E-state index is 14.0. The summed E-state index contributed by atoms with van der Waals surface area (Å²) in [7, 11) is -4.21. The summed E-state index contributed by atoms with van der Waals surface area (Å²) < 4.78 is 42.9. The Kier molecular flexibility index (Phi) is 6.82. The van der Waals surface area contributed by atoms with Gasteiger partial charge in [0, 0.05) is 0 Å². The molecule has 0 unspecified atom stereocenters. The molecule has 1 aliphatic heterocycles. The number of carboxylic acids is 1. The summed E-state index contributed by atoms with van der Waals surface area (Å²) in [6.45, 7) is 1.84. The Balaban J connectivity index is 1.97. The van der Waals surface area contributed by atoms with Gasteiger partial charge < -0.3 is 5.11 Å². The number of hydrogen-bond acceptors (Lipinski definition) is 3. The molecule has 0 aromatic heterocycles. The van der Waals surface area contributed by atoms with Gasteiger partial charge in [-0.1, -0.05) is 65.2 Å². The lowest BCUT2D eigenvalue weighted by Gasteiger charge is -2.40. The molecule has 0 fully saturated rings. The number of benzene rings is 3. The zero-order chi connectivity index (χ0) is 24.6. The summed E-state index contributed by atoms with van der Waals surface area (Å²) in [6, 6.07) is 14.3. The number of carbonyl (C=O) groups is 1. The van der Waals surface area contributed by atoms with Crippen LogP contribution >= 0.6 is 23.2 Å². The monoisotopic (exact) mass is 519 g/mol. The topological polar surface area (TPSA) is 74.7 Å². The summed E-state index contributed by atoms with van der Waals surface area (Å²) in [4.78, 5) is 12.2. The molecule has 0 saturated carbocycles. The molecule has 1 aliphatic rings. The molecule has 0 spiro atoms. The average Bonchev–Trinajstić information content (AvgIpc) is 2.80. The molecule has 0 bridgehead atoms. The van der Waals surface area contributed by atoms with E-state index in [0.717, 1.165) is 5.56 Å². The SMILES string of the molecule is Cc1ccc(S(=O)(=O)N2[C@@H](c3ccc(F)cc3)C(C(=O)O)=CC[C@H]2c2ccc(Cl)c(Cl)c2)cc1. The number of aliphatic carboxylic acids is 1. The predicted octanol–water partition coefficient (Wildman–Crippen LogP) is 6.33. The molecular weight excluding hydrogens is 500 g/mol. The molecular formula is C25H20Cl2FNO4S. The second-order valence-corrected chi connectivity index (χ2v) is 10.6. The van der Waals surface area contributed by atoms with Gasteiger partial charge in [0.15, 0.2) is 0 Å². The van der Waals surface area contributed by atoms with Crippen molar-refractivity contribution in [2.75, 3.05) is 0 Å². The minimum atomic E-state index is -4.21. The van der Waals surface area contributed by atoms with Crippen LogP contribution in [-0.2, 0) is 14.8 Å². The number of aryl methyl sites for hydroxylation is 1. The van der Waals surface area contributed by atoms with Crippen molar-refractivity contribution < 1.29 is 22.7 Å². The Hall–Kier alpha value is -2.71. The fraction of sp³-hybridized carbons (Fsp3) is 0.160. The molecule has 0 amide bonds. The van der Waals surface area contributed by atoms with Crippen molar-refractivity contribution >= 4 is 39.2 Å². The average molecular weight is 520 g/mol. The first-order valence-electron chi connectivity index (χ1n) is 10.3. The quantitative estimate of drug-likeness (QED) is 0.427. The molecule has 2 atom stereocenters. The molecule has 4 rings (SSSR count). The smallest absolute Gasteiger partial charge is 0.333 e. The second kappa shape index (κ2) is 9.50. The van der Waals surface area contributed by atoms with Gasteiger partial charge in [-0.2, -0.15) is 4.31 Å². The Labute approximate surface area is 207 Å². The lowest BCUT2D eigenvalue weighted by Crippen LogP contribution is -2.42. The maximum Gasteiger partial charge on any atom is 0.333 e. The number of sulfonamides is 1.